The quantitative estimate of drug-likeness (QED) is 0.708. The molecule has 1 fully saturated rings. The fourth-order valence-electron chi connectivity index (χ4n) is 1.89. The number of ketones is 1. The third kappa shape index (κ3) is 2.17. The van der Waals surface area contributed by atoms with Gasteiger partial charge >= 0.3 is 0 Å². The molecule has 0 amide bonds. The molecule has 1 aliphatic rings. The highest BCUT2D eigenvalue weighted by molar-refractivity contribution is 5.95. The van der Waals surface area contributed by atoms with E-state index in [1.165, 1.54) is 12.8 Å². The van der Waals surface area contributed by atoms with Crippen molar-refractivity contribution < 1.29 is 4.79 Å². The van der Waals surface area contributed by atoms with Gasteiger partial charge in [-0.25, -0.2) is 4.98 Å². The van der Waals surface area contributed by atoms with Crippen molar-refractivity contribution in [3.8, 4) is 0 Å². The van der Waals surface area contributed by atoms with Gasteiger partial charge in [0.05, 0.1) is 0 Å². The van der Waals surface area contributed by atoms with Gasteiger partial charge in [0.15, 0.2) is 5.78 Å². The summed E-state index contributed by atoms with van der Waals surface area (Å²) in [5, 5.41) is 0. The molecule has 3 heteroatoms. The van der Waals surface area contributed by atoms with Crippen LogP contribution in [0.15, 0.2) is 18.3 Å². The summed E-state index contributed by atoms with van der Waals surface area (Å²) in [4.78, 5) is 18.0. The molecule has 2 heterocycles. The third-order valence-electron chi connectivity index (χ3n) is 2.82. The SMILES string of the molecule is CCC(=O)c1ccc(N2CCCC2)nc1. The van der Waals surface area contributed by atoms with Gasteiger partial charge in [-0.15, -0.1) is 0 Å². The minimum absolute atomic E-state index is 0.162. The summed E-state index contributed by atoms with van der Waals surface area (Å²) in [6.45, 7) is 4.05. The van der Waals surface area contributed by atoms with Gasteiger partial charge in [0.2, 0.25) is 0 Å². The normalized spacial score (nSPS) is 15.7. The molecule has 0 radical (unpaired) electrons. The highest BCUT2D eigenvalue weighted by atomic mass is 16.1. The van der Waals surface area contributed by atoms with Gasteiger partial charge in [0, 0.05) is 31.3 Å². The van der Waals surface area contributed by atoms with Gasteiger partial charge < -0.3 is 4.90 Å². The van der Waals surface area contributed by atoms with Gasteiger partial charge in [-0.05, 0) is 25.0 Å². The van der Waals surface area contributed by atoms with E-state index in [-0.39, 0.29) is 5.78 Å². The first kappa shape index (κ1) is 10.1. The van der Waals surface area contributed by atoms with Gasteiger partial charge in [0.1, 0.15) is 5.82 Å². The number of hydrogen-bond acceptors (Lipinski definition) is 3. The summed E-state index contributed by atoms with van der Waals surface area (Å²) in [6, 6.07) is 3.83. The Kier molecular flexibility index (Phi) is 2.99. The minimum atomic E-state index is 0.162. The van der Waals surface area contributed by atoms with E-state index in [1.54, 1.807) is 6.20 Å². The zero-order chi connectivity index (χ0) is 10.7. The summed E-state index contributed by atoms with van der Waals surface area (Å²) in [5.74, 6) is 1.16. The average Bonchev–Trinajstić information content (AvgIpc) is 2.82. The second kappa shape index (κ2) is 4.43. The lowest BCUT2D eigenvalue weighted by Crippen LogP contribution is -2.18. The lowest BCUT2D eigenvalue weighted by Gasteiger charge is -2.15. The van der Waals surface area contributed by atoms with Crippen molar-refractivity contribution in [3.05, 3.63) is 23.9 Å². The van der Waals surface area contributed by atoms with Crippen LogP contribution in [0, 0.1) is 0 Å². The molecule has 0 atom stereocenters. The Morgan fingerprint density at radius 2 is 2.13 bits per heavy atom. The second-order valence-electron chi connectivity index (χ2n) is 3.88. The average molecular weight is 204 g/mol. The summed E-state index contributed by atoms with van der Waals surface area (Å²) in [7, 11) is 0. The van der Waals surface area contributed by atoms with E-state index in [1.807, 2.05) is 19.1 Å². The maximum absolute atomic E-state index is 11.4. The molecule has 0 saturated carbocycles. The molecule has 3 nitrogen and oxygen atoms in total. The number of aromatic nitrogens is 1. The zero-order valence-corrected chi connectivity index (χ0v) is 9.07. The molecule has 1 aromatic rings. The van der Waals surface area contributed by atoms with Crippen LogP contribution in [-0.2, 0) is 0 Å². The summed E-state index contributed by atoms with van der Waals surface area (Å²) in [5.41, 5.74) is 0.723. The van der Waals surface area contributed by atoms with Gasteiger partial charge in [-0.3, -0.25) is 4.79 Å². The number of pyridine rings is 1. The largest absolute Gasteiger partial charge is 0.357 e. The van der Waals surface area contributed by atoms with Crippen molar-refractivity contribution >= 4 is 11.6 Å². The maximum Gasteiger partial charge on any atom is 0.164 e. The third-order valence-corrected chi connectivity index (χ3v) is 2.82. The standard InChI is InChI=1S/C12H16N2O/c1-2-11(15)10-5-6-12(13-9-10)14-7-3-4-8-14/h5-6,9H,2-4,7-8H2,1H3. The zero-order valence-electron chi connectivity index (χ0n) is 9.07. The van der Waals surface area contributed by atoms with Crippen LogP contribution in [0.5, 0.6) is 0 Å². The van der Waals surface area contributed by atoms with E-state index in [0.29, 0.717) is 6.42 Å². The lowest BCUT2D eigenvalue weighted by atomic mass is 10.1. The van der Waals surface area contributed by atoms with E-state index in [0.717, 1.165) is 24.5 Å². The molecule has 0 unspecified atom stereocenters. The molecule has 0 bridgehead atoms. The Hall–Kier alpha value is -1.38. The van der Waals surface area contributed by atoms with Gasteiger partial charge in [-0.2, -0.15) is 0 Å². The van der Waals surface area contributed by atoms with Crippen LogP contribution in [0.1, 0.15) is 36.5 Å². The number of Topliss-reactive ketones (excluding diaryl/α,β-unsaturated/α-hetero) is 1. The molecule has 15 heavy (non-hydrogen) atoms. The number of nitrogens with zero attached hydrogens (tertiary/aromatic N) is 2. The lowest BCUT2D eigenvalue weighted by molar-refractivity contribution is 0.0988. The first-order chi connectivity index (χ1) is 7.31. The highest BCUT2D eigenvalue weighted by Crippen LogP contribution is 2.17. The smallest absolute Gasteiger partial charge is 0.164 e. The Labute approximate surface area is 90.1 Å². The number of rotatable bonds is 3. The molecule has 1 aromatic heterocycles. The van der Waals surface area contributed by atoms with Crippen LogP contribution in [-0.4, -0.2) is 23.9 Å². The predicted octanol–water partition coefficient (Wildman–Crippen LogP) is 2.27. The molecule has 0 aromatic carbocycles. The first-order valence-corrected chi connectivity index (χ1v) is 5.55. The van der Waals surface area contributed by atoms with Crippen LogP contribution < -0.4 is 4.90 Å². The minimum Gasteiger partial charge on any atom is -0.357 e. The van der Waals surface area contributed by atoms with Crippen molar-refractivity contribution in [1.82, 2.24) is 4.98 Å². The molecule has 2 rings (SSSR count). The Morgan fingerprint density at radius 3 is 2.67 bits per heavy atom. The first-order valence-electron chi connectivity index (χ1n) is 5.55. The Bertz CT molecular complexity index is 339. The molecule has 0 spiro atoms. The summed E-state index contributed by atoms with van der Waals surface area (Å²) >= 11 is 0. The molecule has 0 N–H and O–H groups in total. The fourth-order valence-corrected chi connectivity index (χ4v) is 1.89. The monoisotopic (exact) mass is 204 g/mol. The highest BCUT2D eigenvalue weighted by Gasteiger charge is 2.13. The number of anilines is 1. The van der Waals surface area contributed by atoms with Crippen LogP contribution in [0.3, 0.4) is 0 Å². The van der Waals surface area contributed by atoms with Crippen molar-refractivity contribution in [2.24, 2.45) is 0 Å². The van der Waals surface area contributed by atoms with Gasteiger partial charge in [0.25, 0.3) is 0 Å². The van der Waals surface area contributed by atoms with Crippen LogP contribution in [0.4, 0.5) is 5.82 Å². The molecule has 1 saturated heterocycles. The van der Waals surface area contributed by atoms with Crippen LogP contribution >= 0.6 is 0 Å². The summed E-state index contributed by atoms with van der Waals surface area (Å²) < 4.78 is 0. The summed E-state index contributed by atoms with van der Waals surface area (Å²) in [6.07, 6.45) is 4.73. The van der Waals surface area contributed by atoms with Crippen molar-refractivity contribution in [3.63, 3.8) is 0 Å². The second-order valence-corrected chi connectivity index (χ2v) is 3.88. The molecular weight excluding hydrogens is 188 g/mol. The molecular formula is C12H16N2O. The van der Waals surface area contributed by atoms with E-state index in [2.05, 4.69) is 9.88 Å². The van der Waals surface area contributed by atoms with Crippen molar-refractivity contribution in [1.29, 1.82) is 0 Å². The molecule has 1 aliphatic heterocycles. The topological polar surface area (TPSA) is 33.2 Å². The van der Waals surface area contributed by atoms with E-state index < -0.39 is 0 Å². The van der Waals surface area contributed by atoms with E-state index in [9.17, 15) is 4.79 Å². The molecule has 0 aliphatic carbocycles. The van der Waals surface area contributed by atoms with Crippen LogP contribution in [0.25, 0.3) is 0 Å². The number of carbonyl (C=O) groups excluding carboxylic acids is 1. The predicted molar refractivity (Wildman–Crippen MR) is 60.3 cm³/mol. The number of carbonyl (C=O) groups is 1. The number of hydrogen-bond donors (Lipinski definition) is 0. The van der Waals surface area contributed by atoms with Crippen molar-refractivity contribution in [2.45, 2.75) is 26.2 Å². The van der Waals surface area contributed by atoms with E-state index in [4.69, 9.17) is 0 Å². The van der Waals surface area contributed by atoms with E-state index >= 15 is 0 Å². The Balaban J connectivity index is 2.12. The van der Waals surface area contributed by atoms with Crippen LogP contribution in [0.2, 0.25) is 0 Å². The van der Waals surface area contributed by atoms with Crippen molar-refractivity contribution in [2.75, 3.05) is 18.0 Å². The molecule has 80 valence electrons. The fraction of sp³-hybridized carbons (Fsp3) is 0.500. The maximum atomic E-state index is 11.4. The Morgan fingerprint density at radius 1 is 1.40 bits per heavy atom. The van der Waals surface area contributed by atoms with Gasteiger partial charge in [-0.1, -0.05) is 6.92 Å².